The summed E-state index contributed by atoms with van der Waals surface area (Å²) in [6.45, 7) is 6.23. The Labute approximate surface area is 182 Å². The van der Waals surface area contributed by atoms with Gasteiger partial charge in [0.2, 0.25) is 0 Å². The molecule has 150 valence electrons. The summed E-state index contributed by atoms with van der Waals surface area (Å²) < 4.78 is 11.1. The lowest BCUT2D eigenvalue weighted by molar-refractivity contribution is 0.294. The molecule has 0 bridgehead atoms. The maximum atomic E-state index is 5.69. The molecule has 0 radical (unpaired) electrons. The van der Waals surface area contributed by atoms with Gasteiger partial charge in [0.1, 0.15) is 0 Å². The number of thiazole rings is 1. The molecule has 2 rings (SSSR count). The van der Waals surface area contributed by atoms with Gasteiger partial charge in [0.15, 0.2) is 17.5 Å². The van der Waals surface area contributed by atoms with Gasteiger partial charge in [0.05, 0.1) is 24.4 Å². The van der Waals surface area contributed by atoms with Gasteiger partial charge in [0, 0.05) is 31.9 Å². The maximum Gasteiger partial charge on any atom is 0.191 e. The number of nitrogens with one attached hydrogen (secondary N) is 2. The molecule has 0 atom stereocenters. The second-order valence-electron chi connectivity index (χ2n) is 5.79. The van der Waals surface area contributed by atoms with Gasteiger partial charge in [-0.1, -0.05) is 13.0 Å². The van der Waals surface area contributed by atoms with Gasteiger partial charge in [0.25, 0.3) is 0 Å². The fraction of sp³-hybridized carbons (Fsp3) is 0.474. The second kappa shape index (κ2) is 12.8. The largest absolute Gasteiger partial charge is 0.493 e. The summed E-state index contributed by atoms with van der Waals surface area (Å²) in [6.07, 6.45) is 1.84. The number of benzene rings is 1. The lowest BCUT2D eigenvalue weighted by Gasteiger charge is -2.14. The van der Waals surface area contributed by atoms with E-state index in [4.69, 9.17) is 9.47 Å². The van der Waals surface area contributed by atoms with E-state index < -0.39 is 0 Å². The van der Waals surface area contributed by atoms with Crippen LogP contribution in [0.4, 0.5) is 0 Å². The molecule has 0 aliphatic carbocycles. The van der Waals surface area contributed by atoms with Gasteiger partial charge >= 0.3 is 0 Å². The molecule has 1 aromatic heterocycles. The molecule has 8 heteroatoms. The third-order valence-electron chi connectivity index (χ3n) is 3.71. The van der Waals surface area contributed by atoms with E-state index >= 15 is 0 Å². The number of guanidine groups is 1. The highest BCUT2D eigenvalue weighted by molar-refractivity contribution is 14.0. The van der Waals surface area contributed by atoms with Crippen LogP contribution < -0.4 is 20.1 Å². The van der Waals surface area contributed by atoms with E-state index in [2.05, 4.69) is 32.9 Å². The zero-order valence-corrected chi connectivity index (χ0v) is 19.5. The molecule has 27 heavy (non-hydrogen) atoms. The van der Waals surface area contributed by atoms with Crippen molar-refractivity contribution < 1.29 is 9.47 Å². The normalized spacial score (nSPS) is 10.9. The molecule has 0 fully saturated rings. The van der Waals surface area contributed by atoms with E-state index in [-0.39, 0.29) is 24.0 Å². The van der Waals surface area contributed by atoms with Crippen molar-refractivity contribution in [3.8, 4) is 11.5 Å². The van der Waals surface area contributed by atoms with Crippen LogP contribution in [-0.2, 0) is 13.0 Å². The minimum Gasteiger partial charge on any atom is -0.493 e. The van der Waals surface area contributed by atoms with Crippen molar-refractivity contribution in [3.05, 3.63) is 39.8 Å². The lowest BCUT2D eigenvalue weighted by atomic mass is 10.2. The predicted molar refractivity (Wildman–Crippen MR) is 123 cm³/mol. The number of ether oxygens (including phenoxy) is 2. The molecule has 0 aliphatic rings. The molecule has 2 aromatic rings. The Morgan fingerprint density at radius 3 is 2.70 bits per heavy atom. The van der Waals surface area contributed by atoms with Crippen LogP contribution >= 0.6 is 35.3 Å². The standard InChI is InChI=1S/C19H28N4O2S.HI/c1-5-10-25-17-7-6-15(11-18(17)24-4)12-22-19(20-3)21-9-8-16-13-26-14(2)23-16;/h6-7,11,13H,5,8-10,12H2,1-4H3,(H2,20,21,22);1H. The zero-order chi connectivity index (χ0) is 18.8. The molecule has 1 heterocycles. The Balaban J connectivity index is 0.00000364. The van der Waals surface area contributed by atoms with E-state index in [1.165, 1.54) is 0 Å². The first kappa shape index (κ1) is 23.5. The molecule has 2 N–H and O–H groups in total. The number of hydrogen-bond donors (Lipinski definition) is 2. The second-order valence-corrected chi connectivity index (χ2v) is 6.86. The first-order valence-corrected chi connectivity index (χ1v) is 9.69. The number of hydrogen-bond acceptors (Lipinski definition) is 5. The minimum absolute atomic E-state index is 0. The topological polar surface area (TPSA) is 67.8 Å². The molecule has 0 amide bonds. The number of halogens is 1. The predicted octanol–water partition coefficient (Wildman–Crippen LogP) is 3.77. The van der Waals surface area contributed by atoms with E-state index in [9.17, 15) is 0 Å². The fourth-order valence-corrected chi connectivity index (χ4v) is 3.04. The van der Waals surface area contributed by atoms with Crippen LogP contribution in [0.15, 0.2) is 28.6 Å². The molecular weight excluding hydrogens is 475 g/mol. The Bertz CT molecular complexity index is 721. The van der Waals surface area contributed by atoms with Gasteiger partial charge in [-0.3, -0.25) is 4.99 Å². The Kier molecular flexibility index (Phi) is 11.1. The van der Waals surface area contributed by atoms with Crippen LogP contribution in [0.3, 0.4) is 0 Å². The lowest BCUT2D eigenvalue weighted by Crippen LogP contribution is -2.37. The van der Waals surface area contributed by atoms with Crippen molar-refractivity contribution in [2.75, 3.05) is 27.3 Å². The third-order valence-corrected chi connectivity index (χ3v) is 4.54. The Morgan fingerprint density at radius 1 is 1.26 bits per heavy atom. The molecule has 6 nitrogen and oxygen atoms in total. The van der Waals surface area contributed by atoms with Crippen LogP contribution in [-0.4, -0.2) is 38.3 Å². The highest BCUT2D eigenvalue weighted by Gasteiger charge is 2.06. The van der Waals surface area contributed by atoms with Crippen molar-refractivity contribution in [1.29, 1.82) is 0 Å². The van der Waals surface area contributed by atoms with Gasteiger partial charge in [-0.25, -0.2) is 4.98 Å². The van der Waals surface area contributed by atoms with Crippen molar-refractivity contribution >= 4 is 41.3 Å². The SMILES string of the molecule is CCCOc1ccc(CNC(=NC)NCCc2csc(C)n2)cc1OC.I. The highest BCUT2D eigenvalue weighted by Crippen LogP contribution is 2.28. The van der Waals surface area contributed by atoms with Crippen molar-refractivity contribution in [2.45, 2.75) is 33.2 Å². The maximum absolute atomic E-state index is 5.69. The Morgan fingerprint density at radius 2 is 2.07 bits per heavy atom. The summed E-state index contributed by atoms with van der Waals surface area (Å²) in [5, 5.41) is 9.83. The number of methoxy groups -OCH3 is 1. The highest BCUT2D eigenvalue weighted by atomic mass is 127. The average molecular weight is 504 g/mol. The molecule has 1 aromatic carbocycles. The van der Waals surface area contributed by atoms with Crippen molar-refractivity contribution in [3.63, 3.8) is 0 Å². The zero-order valence-electron chi connectivity index (χ0n) is 16.4. The summed E-state index contributed by atoms with van der Waals surface area (Å²) in [7, 11) is 3.43. The van der Waals surface area contributed by atoms with Gasteiger partial charge in [-0.15, -0.1) is 35.3 Å². The molecule has 0 aliphatic heterocycles. The van der Waals surface area contributed by atoms with E-state index in [1.807, 2.05) is 25.1 Å². The summed E-state index contributed by atoms with van der Waals surface area (Å²) in [5.41, 5.74) is 2.21. The number of aromatic nitrogens is 1. The average Bonchev–Trinajstić information content (AvgIpc) is 3.08. The molecule has 0 spiro atoms. The van der Waals surface area contributed by atoms with Crippen molar-refractivity contribution in [1.82, 2.24) is 15.6 Å². The summed E-state index contributed by atoms with van der Waals surface area (Å²) in [5.74, 6) is 2.29. The molecule has 0 unspecified atom stereocenters. The fourth-order valence-electron chi connectivity index (χ4n) is 2.39. The number of aryl methyl sites for hydroxylation is 1. The van der Waals surface area contributed by atoms with Gasteiger partial charge in [-0.2, -0.15) is 0 Å². The quantitative estimate of drug-likeness (QED) is 0.309. The number of aliphatic imine (C=N–C) groups is 1. The van der Waals surface area contributed by atoms with E-state index in [0.29, 0.717) is 13.2 Å². The van der Waals surface area contributed by atoms with Crippen LogP contribution in [0.1, 0.15) is 29.6 Å². The summed E-state index contributed by atoms with van der Waals surface area (Å²) in [6, 6.07) is 5.97. The van der Waals surface area contributed by atoms with Gasteiger partial charge in [-0.05, 0) is 31.0 Å². The Hall–Kier alpha value is -1.55. The van der Waals surface area contributed by atoms with Gasteiger partial charge < -0.3 is 20.1 Å². The molecular formula is C19H29IN4O2S. The van der Waals surface area contributed by atoms with Crippen molar-refractivity contribution in [2.24, 2.45) is 4.99 Å². The number of nitrogens with zero attached hydrogens (tertiary/aromatic N) is 2. The van der Waals surface area contributed by atoms with Crippen LogP contribution in [0.2, 0.25) is 0 Å². The smallest absolute Gasteiger partial charge is 0.191 e. The van der Waals surface area contributed by atoms with E-state index in [0.717, 1.165) is 53.1 Å². The molecule has 0 saturated carbocycles. The van der Waals surface area contributed by atoms with Crippen LogP contribution in [0.25, 0.3) is 0 Å². The first-order valence-electron chi connectivity index (χ1n) is 8.81. The minimum atomic E-state index is 0. The third kappa shape index (κ3) is 7.92. The first-order chi connectivity index (χ1) is 12.7. The van der Waals surface area contributed by atoms with E-state index in [1.54, 1.807) is 25.5 Å². The molecule has 0 saturated heterocycles. The van der Waals surface area contributed by atoms with Crippen LogP contribution in [0, 0.1) is 6.92 Å². The summed E-state index contributed by atoms with van der Waals surface area (Å²) >= 11 is 1.68. The van der Waals surface area contributed by atoms with Crippen LogP contribution in [0.5, 0.6) is 11.5 Å². The summed E-state index contributed by atoms with van der Waals surface area (Å²) in [4.78, 5) is 8.73. The monoisotopic (exact) mass is 504 g/mol. The number of rotatable bonds is 9.